The molecule has 1 aromatic rings. The Labute approximate surface area is 132 Å². The monoisotopic (exact) mass is 303 g/mol. The Morgan fingerprint density at radius 1 is 1.45 bits per heavy atom. The lowest BCUT2D eigenvalue weighted by atomic mass is 10.1. The van der Waals surface area contributed by atoms with Crippen molar-refractivity contribution in [3.63, 3.8) is 0 Å². The van der Waals surface area contributed by atoms with Gasteiger partial charge in [0.15, 0.2) is 5.96 Å². The summed E-state index contributed by atoms with van der Waals surface area (Å²) in [6.45, 7) is 7.11. The zero-order valence-electron chi connectivity index (χ0n) is 13.5. The Kier molecular flexibility index (Phi) is 4.83. The minimum absolute atomic E-state index is 0.520. The van der Waals surface area contributed by atoms with E-state index in [4.69, 9.17) is 9.47 Å². The van der Waals surface area contributed by atoms with Crippen molar-refractivity contribution in [2.24, 2.45) is 10.9 Å². The SMILES string of the molecule is Cc1ccc(CNC2=NCCN2C)c(OCC2CCOC2)c1. The molecule has 5 heteroatoms. The van der Waals surface area contributed by atoms with Crippen molar-refractivity contribution in [1.29, 1.82) is 0 Å². The van der Waals surface area contributed by atoms with E-state index in [9.17, 15) is 0 Å². The first-order valence-corrected chi connectivity index (χ1v) is 8.02. The molecule has 0 bridgehead atoms. The number of ether oxygens (including phenoxy) is 2. The number of guanidine groups is 1. The molecule has 1 fully saturated rings. The fourth-order valence-electron chi connectivity index (χ4n) is 2.76. The van der Waals surface area contributed by atoms with Gasteiger partial charge in [-0.1, -0.05) is 12.1 Å². The highest BCUT2D eigenvalue weighted by atomic mass is 16.5. The quantitative estimate of drug-likeness (QED) is 0.901. The number of hydrogen-bond acceptors (Lipinski definition) is 5. The third kappa shape index (κ3) is 3.71. The van der Waals surface area contributed by atoms with Crippen molar-refractivity contribution >= 4 is 5.96 Å². The van der Waals surface area contributed by atoms with Crippen molar-refractivity contribution in [3.8, 4) is 5.75 Å². The van der Waals surface area contributed by atoms with E-state index in [0.717, 1.165) is 57.6 Å². The maximum absolute atomic E-state index is 6.07. The van der Waals surface area contributed by atoms with Gasteiger partial charge in [0.25, 0.3) is 0 Å². The molecule has 0 radical (unpaired) electrons. The maximum atomic E-state index is 6.07. The third-order valence-corrected chi connectivity index (χ3v) is 4.22. The van der Waals surface area contributed by atoms with Crippen LogP contribution in [0.2, 0.25) is 0 Å². The normalized spacial score (nSPS) is 21.1. The van der Waals surface area contributed by atoms with Crippen molar-refractivity contribution in [3.05, 3.63) is 29.3 Å². The number of aliphatic imine (C=N–C) groups is 1. The lowest BCUT2D eigenvalue weighted by Gasteiger charge is -2.18. The number of nitrogens with one attached hydrogen (secondary N) is 1. The van der Waals surface area contributed by atoms with Crippen LogP contribution in [-0.4, -0.2) is 50.8 Å². The van der Waals surface area contributed by atoms with Crippen LogP contribution < -0.4 is 10.1 Å². The van der Waals surface area contributed by atoms with Gasteiger partial charge in [-0.2, -0.15) is 0 Å². The number of hydrogen-bond donors (Lipinski definition) is 1. The largest absolute Gasteiger partial charge is 0.493 e. The summed E-state index contributed by atoms with van der Waals surface area (Å²) in [5, 5.41) is 3.41. The van der Waals surface area contributed by atoms with Crippen molar-refractivity contribution in [2.75, 3.05) is 40.0 Å². The molecule has 0 amide bonds. The molecule has 1 atom stereocenters. The maximum Gasteiger partial charge on any atom is 0.194 e. The van der Waals surface area contributed by atoms with E-state index in [1.807, 2.05) is 0 Å². The number of rotatable bonds is 5. The van der Waals surface area contributed by atoms with Crippen LogP contribution in [0.25, 0.3) is 0 Å². The van der Waals surface area contributed by atoms with E-state index in [1.54, 1.807) is 0 Å². The van der Waals surface area contributed by atoms with E-state index in [0.29, 0.717) is 5.92 Å². The van der Waals surface area contributed by atoms with Crippen LogP contribution in [0.4, 0.5) is 0 Å². The highest BCUT2D eigenvalue weighted by molar-refractivity contribution is 5.81. The Morgan fingerprint density at radius 2 is 2.36 bits per heavy atom. The Bertz CT molecular complexity index is 539. The lowest BCUT2D eigenvalue weighted by molar-refractivity contribution is 0.166. The van der Waals surface area contributed by atoms with Gasteiger partial charge in [0.1, 0.15) is 5.75 Å². The minimum Gasteiger partial charge on any atom is -0.493 e. The fourth-order valence-corrected chi connectivity index (χ4v) is 2.76. The molecule has 120 valence electrons. The first-order chi connectivity index (χ1) is 10.7. The highest BCUT2D eigenvalue weighted by Gasteiger charge is 2.17. The third-order valence-electron chi connectivity index (χ3n) is 4.22. The molecule has 1 N–H and O–H groups in total. The summed E-state index contributed by atoms with van der Waals surface area (Å²) in [6, 6.07) is 6.38. The number of likely N-dealkylation sites (N-methyl/N-ethyl adjacent to an activating group) is 1. The molecule has 1 aromatic carbocycles. The zero-order valence-corrected chi connectivity index (χ0v) is 13.5. The van der Waals surface area contributed by atoms with Gasteiger partial charge in [-0.05, 0) is 25.0 Å². The van der Waals surface area contributed by atoms with Gasteiger partial charge in [0.05, 0.1) is 19.8 Å². The molecule has 0 saturated carbocycles. The van der Waals surface area contributed by atoms with Gasteiger partial charge >= 0.3 is 0 Å². The second kappa shape index (κ2) is 7.01. The molecule has 1 saturated heterocycles. The summed E-state index contributed by atoms with van der Waals surface area (Å²) >= 11 is 0. The summed E-state index contributed by atoms with van der Waals surface area (Å²) in [5.74, 6) is 2.46. The second-order valence-corrected chi connectivity index (χ2v) is 6.13. The van der Waals surface area contributed by atoms with Crippen LogP contribution in [0.5, 0.6) is 5.75 Å². The Hall–Kier alpha value is -1.75. The predicted molar refractivity (Wildman–Crippen MR) is 87.4 cm³/mol. The van der Waals surface area contributed by atoms with Gasteiger partial charge in [0, 0.05) is 38.2 Å². The van der Waals surface area contributed by atoms with Gasteiger partial charge in [-0.25, -0.2) is 0 Å². The van der Waals surface area contributed by atoms with Crippen LogP contribution in [-0.2, 0) is 11.3 Å². The van der Waals surface area contributed by atoms with Gasteiger partial charge in [0.2, 0.25) is 0 Å². The average molecular weight is 303 g/mol. The van der Waals surface area contributed by atoms with Crippen LogP contribution in [0.1, 0.15) is 17.5 Å². The molecular weight excluding hydrogens is 278 g/mol. The van der Waals surface area contributed by atoms with Crippen LogP contribution in [0.15, 0.2) is 23.2 Å². The van der Waals surface area contributed by atoms with Gasteiger partial charge in [-0.3, -0.25) is 4.99 Å². The summed E-state index contributed by atoms with van der Waals surface area (Å²) in [4.78, 5) is 6.61. The molecule has 0 aromatic heterocycles. The van der Waals surface area contributed by atoms with Crippen molar-refractivity contribution < 1.29 is 9.47 Å². The number of nitrogens with zero attached hydrogens (tertiary/aromatic N) is 2. The highest BCUT2D eigenvalue weighted by Crippen LogP contribution is 2.22. The topological polar surface area (TPSA) is 46.1 Å². The Morgan fingerprint density at radius 3 is 3.09 bits per heavy atom. The molecule has 5 nitrogen and oxygen atoms in total. The molecule has 1 unspecified atom stereocenters. The molecular formula is C17H25N3O2. The van der Waals surface area contributed by atoms with Gasteiger partial charge in [-0.15, -0.1) is 0 Å². The zero-order chi connectivity index (χ0) is 15.4. The Balaban J connectivity index is 1.61. The first-order valence-electron chi connectivity index (χ1n) is 8.02. The summed E-state index contributed by atoms with van der Waals surface area (Å²) < 4.78 is 11.5. The first kappa shape index (κ1) is 15.2. The van der Waals surface area contributed by atoms with Crippen LogP contribution >= 0.6 is 0 Å². The summed E-state index contributed by atoms with van der Waals surface area (Å²) in [6.07, 6.45) is 1.10. The van der Waals surface area contributed by atoms with Crippen molar-refractivity contribution in [1.82, 2.24) is 10.2 Å². The molecule has 0 spiro atoms. The van der Waals surface area contributed by atoms with Crippen LogP contribution in [0, 0.1) is 12.8 Å². The van der Waals surface area contributed by atoms with E-state index in [2.05, 4.69) is 47.4 Å². The van der Waals surface area contributed by atoms with Crippen LogP contribution in [0.3, 0.4) is 0 Å². The summed E-state index contributed by atoms with van der Waals surface area (Å²) in [5.41, 5.74) is 2.39. The van der Waals surface area contributed by atoms with Gasteiger partial charge < -0.3 is 19.7 Å². The molecule has 3 rings (SSSR count). The molecule has 2 aliphatic rings. The molecule has 2 heterocycles. The smallest absolute Gasteiger partial charge is 0.194 e. The van der Waals surface area contributed by atoms with E-state index < -0.39 is 0 Å². The van der Waals surface area contributed by atoms with E-state index in [1.165, 1.54) is 11.1 Å². The fraction of sp³-hybridized carbons (Fsp3) is 0.588. The second-order valence-electron chi connectivity index (χ2n) is 6.13. The number of aryl methyl sites for hydroxylation is 1. The standard InChI is InChI=1S/C17H25N3O2/c1-13-3-4-15(10-19-17-18-6-7-20(17)2)16(9-13)22-12-14-5-8-21-11-14/h3-4,9,14H,5-8,10-12H2,1-2H3,(H,18,19). The molecule has 2 aliphatic heterocycles. The minimum atomic E-state index is 0.520. The predicted octanol–water partition coefficient (Wildman–Crippen LogP) is 1.80. The molecule has 0 aliphatic carbocycles. The van der Waals surface area contributed by atoms with E-state index >= 15 is 0 Å². The molecule has 22 heavy (non-hydrogen) atoms. The lowest BCUT2D eigenvalue weighted by Crippen LogP contribution is -2.35. The number of benzene rings is 1. The van der Waals surface area contributed by atoms with Crippen molar-refractivity contribution in [2.45, 2.75) is 19.9 Å². The average Bonchev–Trinajstić information content (AvgIpc) is 3.16. The van der Waals surface area contributed by atoms with E-state index in [-0.39, 0.29) is 0 Å². The summed E-state index contributed by atoms with van der Waals surface area (Å²) in [7, 11) is 2.06.